The van der Waals surface area contributed by atoms with Gasteiger partial charge in [-0.05, 0) is 41.5 Å². The molecule has 2 heterocycles. The summed E-state index contributed by atoms with van der Waals surface area (Å²) in [5.74, 6) is -1.85. The number of rotatable bonds is 5. The lowest BCUT2D eigenvalue weighted by Gasteiger charge is -2.20. The van der Waals surface area contributed by atoms with Gasteiger partial charge in [-0.25, -0.2) is 9.80 Å². The molecule has 0 saturated carbocycles. The first-order valence-electron chi connectivity index (χ1n) is 11.3. The first kappa shape index (κ1) is 24.7. The molecule has 37 heavy (non-hydrogen) atoms. The number of aromatic nitrogens is 1. The number of carbonyl (C=O) groups excluding carboxylic acids is 1. The molecule has 0 fully saturated rings. The second-order valence-corrected chi connectivity index (χ2v) is 9.78. The van der Waals surface area contributed by atoms with Crippen LogP contribution in [0.2, 0.25) is 5.02 Å². The second kappa shape index (κ2) is 10.2. The van der Waals surface area contributed by atoms with Crippen LogP contribution in [0.4, 0.5) is 0 Å². The van der Waals surface area contributed by atoms with Gasteiger partial charge in [-0.3, -0.25) is 9.59 Å². The molecule has 1 aromatic heterocycles. The number of benzene rings is 3. The molecule has 3 aromatic carbocycles. The normalized spacial score (nSPS) is 15.4. The summed E-state index contributed by atoms with van der Waals surface area (Å²) < 4.78 is 0.869. The number of nitrogens with one attached hydrogen (secondary N) is 1. The van der Waals surface area contributed by atoms with E-state index in [4.69, 9.17) is 16.7 Å². The summed E-state index contributed by atoms with van der Waals surface area (Å²) in [6, 6.07) is 21.6. The van der Waals surface area contributed by atoms with Gasteiger partial charge in [0.1, 0.15) is 0 Å². The summed E-state index contributed by atoms with van der Waals surface area (Å²) in [6.45, 7) is 0. The Kier molecular flexibility index (Phi) is 6.78. The molecular formula is C28H19BrClN3O4. The van der Waals surface area contributed by atoms with Gasteiger partial charge in [-0.2, -0.15) is 5.10 Å². The zero-order chi connectivity index (χ0) is 26.1. The SMILES string of the molecule is O=C(O)/C=C/C(=O)N1N=C(c2c(-c3ccccc3)c3cc(Cl)ccc3[nH]c2=O)CC1c1ccc(Br)cc1. The van der Waals surface area contributed by atoms with Crippen molar-refractivity contribution in [2.24, 2.45) is 5.10 Å². The number of pyridine rings is 1. The molecule has 1 amide bonds. The first-order valence-corrected chi connectivity index (χ1v) is 12.5. The zero-order valence-electron chi connectivity index (χ0n) is 19.2. The smallest absolute Gasteiger partial charge is 0.328 e. The highest BCUT2D eigenvalue weighted by Gasteiger charge is 2.34. The molecule has 2 N–H and O–H groups in total. The van der Waals surface area contributed by atoms with Crippen LogP contribution < -0.4 is 5.56 Å². The number of carboxylic acid groups (broad SMARTS) is 1. The molecular weight excluding hydrogens is 558 g/mol. The first-order chi connectivity index (χ1) is 17.8. The average Bonchev–Trinajstić information content (AvgIpc) is 3.32. The third kappa shape index (κ3) is 4.98. The minimum absolute atomic E-state index is 0.253. The Bertz CT molecular complexity index is 1650. The van der Waals surface area contributed by atoms with Crippen LogP contribution in [0.5, 0.6) is 0 Å². The Morgan fingerprint density at radius 3 is 2.46 bits per heavy atom. The number of hydrazone groups is 1. The van der Waals surface area contributed by atoms with Crippen molar-refractivity contribution in [3.8, 4) is 11.1 Å². The van der Waals surface area contributed by atoms with E-state index in [1.54, 1.807) is 18.2 Å². The fraction of sp³-hybridized carbons (Fsp3) is 0.0714. The maximum atomic E-state index is 13.5. The largest absolute Gasteiger partial charge is 0.478 e. The summed E-state index contributed by atoms with van der Waals surface area (Å²) >= 11 is 9.76. The number of H-pyrrole nitrogens is 1. The number of amides is 1. The van der Waals surface area contributed by atoms with Crippen molar-refractivity contribution < 1.29 is 14.7 Å². The van der Waals surface area contributed by atoms with Crippen molar-refractivity contribution in [1.82, 2.24) is 9.99 Å². The summed E-state index contributed by atoms with van der Waals surface area (Å²) in [7, 11) is 0. The van der Waals surface area contributed by atoms with Crippen LogP contribution in [0.3, 0.4) is 0 Å². The van der Waals surface area contributed by atoms with E-state index in [1.807, 2.05) is 54.6 Å². The molecule has 0 radical (unpaired) electrons. The van der Waals surface area contributed by atoms with E-state index < -0.39 is 17.9 Å². The predicted octanol–water partition coefficient (Wildman–Crippen LogP) is 5.93. The zero-order valence-corrected chi connectivity index (χ0v) is 21.5. The Balaban J connectivity index is 1.72. The van der Waals surface area contributed by atoms with Crippen LogP contribution >= 0.6 is 27.5 Å². The monoisotopic (exact) mass is 575 g/mol. The highest BCUT2D eigenvalue weighted by Crippen LogP contribution is 2.37. The fourth-order valence-electron chi connectivity index (χ4n) is 4.47. The molecule has 0 bridgehead atoms. The molecule has 184 valence electrons. The van der Waals surface area contributed by atoms with Crippen LogP contribution in [-0.4, -0.2) is 32.7 Å². The molecule has 7 nitrogen and oxygen atoms in total. The molecule has 1 aliphatic heterocycles. The lowest BCUT2D eigenvalue weighted by molar-refractivity contribution is -0.132. The molecule has 9 heteroatoms. The molecule has 5 rings (SSSR count). The van der Waals surface area contributed by atoms with E-state index in [-0.39, 0.29) is 12.0 Å². The quantitative estimate of drug-likeness (QED) is 0.288. The fourth-order valence-corrected chi connectivity index (χ4v) is 4.91. The van der Waals surface area contributed by atoms with Crippen molar-refractivity contribution in [1.29, 1.82) is 0 Å². The number of hydrogen-bond acceptors (Lipinski definition) is 4. The molecule has 1 atom stereocenters. The van der Waals surface area contributed by atoms with E-state index in [2.05, 4.69) is 26.0 Å². The summed E-state index contributed by atoms with van der Waals surface area (Å²) in [5.41, 5.74) is 3.27. The minimum atomic E-state index is -1.24. The maximum Gasteiger partial charge on any atom is 0.328 e. The topological polar surface area (TPSA) is 103 Å². The van der Waals surface area contributed by atoms with Crippen LogP contribution in [0.1, 0.15) is 23.6 Å². The lowest BCUT2D eigenvalue weighted by Crippen LogP contribution is -2.25. The van der Waals surface area contributed by atoms with Gasteiger partial charge in [-0.15, -0.1) is 0 Å². The van der Waals surface area contributed by atoms with Gasteiger partial charge in [0.25, 0.3) is 11.5 Å². The molecule has 1 unspecified atom stereocenters. The van der Waals surface area contributed by atoms with Gasteiger partial charge in [-0.1, -0.05) is 70.0 Å². The minimum Gasteiger partial charge on any atom is -0.478 e. The van der Waals surface area contributed by atoms with Crippen LogP contribution in [0.15, 0.2) is 99.3 Å². The van der Waals surface area contributed by atoms with E-state index in [0.29, 0.717) is 27.4 Å². The van der Waals surface area contributed by atoms with E-state index >= 15 is 0 Å². The standard InChI is InChI=1S/C28H19BrClN3O4/c29-18-8-6-16(7-9-18)23-15-22(32-33(23)24(34)12-13-25(35)36)27-26(17-4-2-1-3-5-17)20-14-19(30)10-11-21(20)31-28(27)37/h1-14,23H,15H2,(H,31,37)(H,35,36)/b13-12+. The number of nitrogens with zero attached hydrogens (tertiary/aromatic N) is 2. The van der Waals surface area contributed by atoms with Gasteiger partial charge in [0.15, 0.2) is 0 Å². The number of aromatic amines is 1. The van der Waals surface area contributed by atoms with Gasteiger partial charge in [0.05, 0.1) is 17.3 Å². The summed E-state index contributed by atoms with van der Waals surface area (Å²) in [4.78, 5) is 40.5. The Morgan fingerprint density at radius 2 is 1.76 bits per heavy atom. The molecule has 0 aliphatic carbocycles. The summed E-state index contributed by atoms with van der Waals surface area (Å²) in [6.07, 6.45) is 1.99. The second-order valence-electron chi connectivity index (χ2n) is 8.43. The Morgan fingerprint density at radius 1 is 1.03 bits per heavy atom. The third-order valence-electron chi connectivity index (χ3n) is 6.09. The summed E-state index contributed by atoms with van der Waals surface area (Å²) in [5, 5.41) is 16.1. The number of aliphatic carboxylic acids is 1. The molecule has 4 aromatic rings. The lowest BCUT2D eigenvalue weighted by atomic mass is 9.91. The van der Waals surface area contributed by atoms with Gasteiger partial charge >= 0.3 is 5.97 Å². The van der Waals surface area contributed by atoms with Crippen molar-refractivity contribution in [2.75, 3.05) is 0 Å². The van der Waals surface area contributed by atoms with E-state index in [0.717, 1.165) is 33.1 Å². The van der Waals surface area contributed by atoms with E-state index in [9.17, 15) is 14.4 Å². The molecule has 0 spiro atoms. The highest BCUT2D eigenvalue weighted by atomic mass is 79.9. The van der Waals surface area contributed by atoms with Crippen LogP contribution in [0.25, 0.3) is 22.0 Å². The number of carboxylic acids is 1. The average molecular weight is 577 g/mol. The number of hydrogen-bond donors (Lipinski definition) is 2. The van der Waals surface area contributed by atoms with Crippen molar-refractivity contribution >= 4 is 56.0 Å². The predicted molar refractivity (Wildman–Crippen MR) is 147 cm³/mol. The van der Waals surface area contributed by atoms with Gasteiger partial charge in [0, 0.05) is 44.5 Å². The van der Waals surface area contributed by atoms with Crippen LogP contribution in [-0.2, 0) is 9.59 Å². The van der Waals surface area contributed by atoms with E-state index in [1.165, 1.54) is 5.01 Å². The van der Waals surface area contributed by atoms with Gasteiger partial charge < -0.3 is 10.1 Å². The number of carbonyl (C=O) groups is 2. The number of fused-ring (bicyclic) bond motifs is 1. The van der Waals surface area contributed by atoms with Crippen molar-refractivity contribution in [3.05, 3.63) is 116 Å². The third-order valence-corrected chi connectivity index (χ3v) is 6.85. The number of halogens is 2. The molecule has 1 aliphatic rings. The molecule has 0 saturated heterocycles. The van der Waals surface area contributed by atoms with Gasteiger partial charge in [0.2, 0.25) is 0 Å². The van der Waals surface area contributed by atoms with Crippen LogP contribution in [0, 0.1) is 0 Å². The highest BCUT2D eigenvalue weighted by molar-refractivity contribution is 9.10. The van der Waals surface area contributed by atoms with Crippen molar-refractivity contribution in [3.63, 3.8) is 0 Å². The Hall–Kier alpha value is -4.01. The van der Waals surface area contributed by atoms with Crippen molar-refractivity contribution in [2.45, 2.75) is 12.5 Å². The Labute approximate surface area is 224 Å². The maximum absolute atomic E-state index is 13.5.